The number of anilines is 1. The normalized spacial score (nSPS) is 9.04. The number of nitrogens with one attached hydrogen (secondary N) is 1. The van der Waals surface area contributed by atoms with Gasteiger partial charge >= 0.3 is 103 Å². The zero-order valence-electron chi connectivity index (χ0n) is 31.5. The molecule has 0 spiro atoms. The molecule has 12 nitrogen and oxygen atoms in total. The number of nitrogens with two attached hydrogens (primary N) is 1. The van der Waals surface area contributed by atoms with Crippen molar-refractivity contribution in [1.29, 1.82) is 0 Å². The molecule has 0 aliphatic heterocycles. The fraction of sp³-hybridized carbons (Fsp3) is 0.222. The van der Waals surface area contributed by atoms with E-state index in [4.69, 9.17) is 52.9 Å². The van der Waals surface area contributed by atoms with Crippen molar-refractivity contribution in [3.8, 4) is 17.2 Å². The maximum atomic E-state index is 9.14. The number of aliphatic hydroxyl groups is 1. The third kappa shape index (κ3) is 20.1. The molecule has 3 aromatic carbocycles. The van der Waals surface area contributed by atoms with Crippen molar-refractivity contribution in [3.63, 3.8) is 0 Å². The number of hydrogen-bond acceptors (Lipinski definition) is 12. The number of phenolic OH excluding ortho intramolecular Hbond substituents is 1. The first-order chi connectivity index (χ1) is 24.2. The summed E-state index contributed by atoms with van der Waals surface area (Å²) in [5.41, 5.74) is 7.16. The van der Waals surface area contributed by atoms with E-state index in [2.05, 4.69) is 30.9 Å². The molecule has 0 saturated heterocycles. The van der Waals surface area contributed by atoms with Gasteiger partial charge < -0.3 is 42.3 Å². The maximum Gasteiger partial charge on any atom is 1.00 e. The number of hydrogen-bond donors (Lipinski definition) is 4. The van der Waals surface area contributed by atoms with Gasteiger partial charge in [-0.25, -0.2) is 15.0 Å². The Morgan fingerprint density at radius 3 is 1.52 bits per heavy atom. The van der Waals surface area contributed by atoms with E-state index in [1.165, 1.54) is 7.05 Å². The Bertz CT molecular complexity index is 1840. The first-order valence-corrected chi connectivity index (χ1v) is 16.0. The molecule has 0 bridgehead atoms. The van der Waals surface area contributed by atoms with E-state index in [1.807, 2.05) is 81.6 Å². The number of benzene rings is 3. The number of rotatable bonds is 6. The van der Waals surface area contributed by atoms with Gasteiger partial charge in [0.1, 0.15) is 33.4 Å². The van der Waals surface area contributed by atoms with Crippen molar-refractivity contribution in [2.45, 2.75) is 20.8 Å². The molecule has 0 aliphatic rings. The fourth-order valence-electron chi connectivity index (χ4n) is 3.92. The largest absolute Gasteiger partial charge is 1.00 e. The summed E-state index contributed by atoms with van der Waals surface area (Å²) in [6, 6.07) is 27.9. The van der Waals surface area contributed by atoms with Crippen LogP contribution in [0.3, 0.4) is 0 Å². The zero-order valence-corrected chi connectivity index (χ0v) is 38.2. The number of fused-ring (bicyclic) bond motifs is 3. The number of carbonyl (C=O) groups is 1. The van der Waals surface area contributed by atoms with E-state index in [1.54, 1.807) is 37.3 Å². The van der Waals surface area contributed by atoms with Gasteiger partial charge in [0.25, 0.3) is 6.47 Å². The SMILES string of the molecule is CCO.CCOc1ccc2nc(Cl)ccc2c1.CCOc1ccc2nc(NC)ccc2c1.CN.O=CO[O-].Oc1ccc2nc(Cl)ccc2c1.[H-].[K+].[K+]. The van der Waals surface area contributed by atoms with Crippen molar-refractivity contribution >= 4 is 68.2 Å². The molecule has 6 rings (SSSR count). The molecule has 0 saturated carbocycles. The summed E-state index contributed by atoms with van der Waals surface area (Å²) in [6.45, 7) is 7.05. The summed E-state index contributed by atoms with van der Waals surface area (Å²) < 4.78 is 10.8. The van der Waals surface area contributed by atoms with Crippen molar-refractivity contribution in [1.82, 2.24) is 15.0 Å². The molecule has 16 heteroatoms. The van der Waals surface area contributed by atoms with Gasteiger partial charge in [-0.1, -0.05) is 23.2 Å². The monoisotopic (exact) mass is 805 g/mol. The predicted octanol–water partition coefficient (Wildman–Crippen LogP) is 0.685. The topological polar surface area (TPSA) is 185 Å². The Kier molecular flexibility index (Phi) is 31.9. The molecule has 52 heavy (non-hydrogen) atoms. The predicted molar refractivity (Wildman–Crippen MR) is 200 cm³/mol. The zero-order chi connectivity index (χ0) is 37.3. The molecule has 3 heterocycles. The molecule has 0 unspecified atom stereocenters. The summed E-state index contributed by atoms with van der Waals surface area (Å²) >= 11 is 11.5. The second-order valence-electron chi connectivity index (χ2n) is 9.18. The Labute approximate surface area is 400 Å². The minimum absolute atomic E-state index is 0. The molecule has 0 atom stereocenters. The Hall–Kier alpha value is -1.71. The van der Waals surface area contributed by atoms with E-state index in [9.17, 15) is 0 Å². The van der Waals surface area contributed by atoms with Crippen molar-refractivity contribution in [2.24, 2.45) is 5.73 Å². The number of phenols is 1. The van der Waals surface area contributed by atoms with Gasteiger partial charge in [0.05, 0.1) is 29.8 Å². The molecule has 270 valence electrons. The number of aliphatic hydroxyl groups excluding tert-OH is 1. The Balaban J connectivity index is -0.000000622. The number of aromatic nitrogens is 3. The minimum atomic E-state index is -0.181. The van der Waals surface area contributed by atoms with Crippen LogP contribution in [0.2, 0.25) is 10.3 Å². The van der Waals surface area contributed by atoms with Crippen LogP contribution in [0.4, 0.5) is 5.82 Å². The molecule has 6 aromatic rings. The van der Waals surface area contributed by atoms with Crippen LogP contribution in [0.5, 0.6) is 17.2 Å². The molecular formula is C36H43Cl2K2N5O7. The summed E-state index contributed by atoms with van der Waals surface area (Å²) in [5.74, 6) is 2.88. The van der Waals surface area contributed by atoms with Crippen LogP contribution in [0.1, 0.15) is 22.2 Å². The minimum Gasteiger partial charge on any atom is -1.00 e. The van der Waals surface area contributed by atoms with Crippen LogP contribution >= 0.6 is 23.2 Å². The smallest absolute Gasteiger partial charge is 1.00 e. The second kappa shape index (κ2) is 31.6. The Morgan fingerprint density at radius 1 is 0.731 bits per heavy atom. The van der Waals surface area contributed by atoms with E-state index in [0.29, 0.717) is 23.5 Å². The standard InChI is InChI=1S/C12H14N2O.C11H10ClNO.C9H6ClNO.C2H6O.CH5N.CH2O3.2K.H/c1-3-15-10-5-6-11-9(8-10)4-7-12(13-2)14-11;1-2-14-9-4-5-10-8(7-9)3-6-11(12)13-10;10-9-4-1-6-5-7(12)2-3-8(6)11-9;1-2-3;1-2;2-1-4-3;;;/h4-8H,3H2,1-2H3,(H,13,14);3-7H,2H2,1H3;1-5,12H;3H,2H2,1H3;2H2,1H3;1,3H;;;/q;;;;;;2*+1;-1/p-1. The number of nitrogens with zero attached hydrogens (tertiary/aromatic N) is 3. The van der Waals surface area contributed by atoms with Crippen LogP contribution in [0, 0.1) is 0 Å². The van der Waals surface area contributed by atoms with Gasteiger partial charge in [0.2, 0.25) is 0 Å². The van der Waals surface area contributed by atoms with E-state index >= 15 is 0 Å². The first-order valence-electron chi connectivity index (χ1n) is 15.3. The fourth-order valence-corrected chi connectivity index (χ4v) is 4.23. The van der Waals surface area contributed by atoms with Crippen LogP contribution in [-0.4, -0.2) is 65.6 Å². The van der Waals surface area contributed by atoms with E-state index in [-0.39, 0.29) is 123 Å². The summed E-state index contributed by atoms with van der Waals surface area (Å²) in [6.07, 6.45) is 0. The van der Waals surface area contributed by atoms with Crippen molar-refractivity contribution in [2.75, 3.05) is 39.2 Å². The molecule has 3 aromatic heterocycles. The molecule has 0 fully saturated rings. The number of halogens is 2. The van der Waals surface area contributed by atoms with Crippen LogP contribution in [0.25, 0.3) is 32.7 Å². The third-order valence-electron chi connectivity index (χ3n) is 5.84. The quantitative estimate of drug-likeness (QED) is 0.0608. The maximum absolute atomic E-state index is 9.14. The van der Waals surface area contributed by atoms with Gasteiger partial charge in [-0.3, -0.25) is 4.79 Å². The number of carbonyl (C=O) groups excluding carboxylic acids is 1. The summed E-state index contributed by atoms with van der Waals surface area (Å²) in [5, 5.41) is 32.2. The molecule has 0 amide bonds. The van der Waals surface area contributed by atoms with Gasteiger partial charge in [0, 0.05) is 29.8 Å². The van der Waals surface area contributed by atoms with Gasteiger partial charge in [0.15, 0.2) is 0 Å². The molecule has 5 N–H and O–H groups in total. The van der Waals surface area contributed by atoms with Crippen LogP contribution in [-0.2, 0) is 9.68 Å². The third-order valence-corrected chi connectivity index (χ3v) is 6.26. The Morgan fingerprint density at radius 2 is 1.12 bits per heavy atom. The molecular weight excluding hydrogens is 764 g/mol. The van der Waals surface area contributed by atoms with Gasteiger partial charge in [-0.2, -0.15) is 0 Å². The van der Waals surface area contributed by atoms with Gasteiger partial charge in [-0.15, -0.1) is 0 Å². The summed E-state index contributed by atoms with van der Waals surface area (Å²) in [4.78, 5) is 23.9. The molecule has 0 radical (unpaired) electrons. The number of aromatic hydroxyl groups is 1. The van der Waals surface area contributed by atoms with Gasteiger partial charge in [-0.05, 0) is 119 Å². The first kappa shape index (κ1) is 52.4. The van der Waals surface area contributed by atoms with E-state index in [0.717, 1.165) is 50.0 Å². The summed E-state index contributed by atoms with van der Waals surface area (Å²) in [7, 11) is 3.36. The average molecular weight is 807 g/mol. The number of ether oxygens (including phenoxy) is 2. The molecule has 0 aliphatic carbocycles. The number of pyridine rings is 3. The second-order valence-corrected chi connectivity index (χ2v) is 9.95. The van der Waals surface area contributed by atoms with Crippen molar-refractivity contribution in [3.05, 3.63) is 101 Å². The van der Waals surface area contributed by atoms with Crippen LogP contribution in [0.15, 0.2) is 91.0 Å². The average Bonchev–Trinajstić information content (AvgIpc) is 3.13. The van der Waals surface area contributed by atoms with E-state index < -0.39 is 0 Å². The van der Waals surface area contributed by atoms with Crippen molar-refractivity contribution < 1.29 is 139 Å². The van der Waals surface area contributed by atoms with Crippen LogP contribution < -0.4 is 129 Å².